The van der Waals surface area contributed by atoms with Crippen LogP contribution in [0.3, 0.4) is 0 Å². The van der Waals surface area contributed by atoms with Crippen molar-refractivity contribution < 1.29 is 19.1 Å². The fourth-order valence-corrected chi connectivity index (χ4v) is 3.60. The third-order valence-corrected chi connectivity index (χ3v) is 5.24. The Morgan fingerprint density at radius 1 is 0.900 bits per heavy atom. The predicted molar refractivity (Wildman–Crippen MR) is 114 cm³/mol. The summed E-state index contributed by atoms with van der Waals surface area (Å²) in [6.07, 6.45) is 0. The lowest BCUT2D eigenvalue weighted by atomic mass is 9.88. The summed E-state index contributed by atoms with van der Waals surface area (Å²) in [5, 5.41) is 2.84. The predicted octanol–water partition coefficient (Wildman–Crippen LogP) is 4.39. The molecule has 152 valence electrons. The molecule has 0 aliphatic carbocycles. The van der Waals surface area contributed by atoms with Crippen molar-refractivity contribution in [3.8, 4) is 11.5 Å². The quantitative estimate of drug-likeness (QED) is 0.623. The minimum absolute atomic E-state index is 0.167. The average Bonchev–Trinajstić information content (AvgIpc) is 2.79. The monoisotopic (exact) mass is 401 g/mol. The first kappa shape index (κ1) is 19.7. The summed E-state index contributed by atoms with van der Waals surface area (Å²) in [5.41, 5.74) is 2.61. The van der Waals surface area contributed by atoms with Crippen LogP contribution >= 0.6 is 0 Å². The van der Waals surface area contributed by atoms with Gasteiger partial charge in [-0.2, -0.15) is 0 Å². The first-order chi connectivity index (χ1) is 14.6. The smallest absolute Gasteiger partial charge is 0.318 e. The number of fused-ring (bicyclic) bond motifs is 2. The second kappa shape index (κ2) is 8.82. The van der Waals surface area contributed by atoms with Gasteiger partial charge in [0.1, 0.15) is 17.4 Å². The van der Waals surface area contributed by atoms with E-state index in [0.29, 0.717) is 18.0 Å². The molecule has 3 aromatic rings. The summed E-state index contributed by atoms with van der Waals surface area (Å²) >= 11 is 0. The fraction of sp³-hybridized carbons (Fsp3) is 0.200. The maximum Gasteiger partial charge on any atom is 0.318 e. The van der Waals surface area contributed by atoms with Crippen LogP contribution in [-0.2, 0) is 14.3 Å². The Hall–Kier alpha value is -3.60. The fourth-order valence-electron chi connectivity index (χ4n) is 3.60. The zero-order chi connectivity index (χ0) is 20.9. The lowest BCUT2D eigenvalue weighted by Crippen LogP contribution is -2.33. The van der Waals surface area contributed by atoms with Crippen molar-refractivity contribution in [1.82, 2.24) is 5.32 Å². The van der Waals surface area contributed by atoms with Crippen LogP contribution in [0.5, 0.6) is 11.5 Å². The first-order valence-electron chi connectivity index (χ1n) is 9.97. The number of ether oxygens (including phenoxy) is 2. The van der Waals surface area contributed by atoms with Gasteiger partial charge in [-0.3, -0.25) is 9.59 Å². The molecular weight excluding hydrogens is 378 g/mol. The molecule has 1 N–H and O–H groups in total. The van der Waals surface area contributed by atoms with Crippen LogP contribution in [0.4, 0.5) is 0 Å². The van der Waals surface area contributed by atoms with Crippen LogP contribution in [0.1, 0.15) is 35.4 Å². The molecule has 3 aromatic carbocycles. The van der Waals surface area contributed by atoms with E-state index in [2.05, 4.69) is 5.32 Å². The van der Waals surface area contributed by atoms with Crippen molar-refractivity contribution in [2.24, 2.45) is 0 Å². The number of carbonyl (C=O) groups excluding carboxylic acids is 2. The Kier molecular flexibility index (Phi) is 5.80. The second-order valence-corrected chi connectivity index (χ2v) is 7.33. The number of para-hydroxylation sites is 2. The number of nitrogens with one attached hydrogen (secondary N) is 1. The molecule has 0 aromatic heterocycles. The van der Waals surface area contributed by atoms with E-state index in [1.54, 1.807) is 0 Å². The molecule has 1 atom stereocenters. The topological polar surface area (TPSA) is 64.6 Å². The highest BCUT2D eigenvalue weighted by Crippen LogP contribution is 2.44. The molecule has 1 heterocycles. The molecule has 0 fully saturated rings. The van der Waals surface area contributed by atoms with Gasteiger partial charge in [0.2, 0.25) is 0 Å². The molecule has 0 bridgehead atoms. The number of rotatable bonds is 6. The van der Waals surface area contributed by atoms with Gasteiger partial charge in [-0.15, -0.1) is 0 Å². The Balaban J connectivity index is 1.39. The van der Waals surface area contributed by atoms with Crippen LogP contribution in [-0.4, -0.2) is 25.0 Å². The van der Waals surface area contributed by atoms with Crippen LogP contribution < -0.4 is 10.1 Å². The van der Waals surface area contributed by atoms with Gasteiger partial charge in [0.15, 0.2) is 6.61 Å². The SMILES string of the molecule is C[C@@H](CNC(=O)COC(=O)C1c2ccccc2Oc2ccccc21)c1ccccc1. The van der Waals surface area contributed by atoms with Gasteiger partial charge >= 0.3 is 5.97 Å². The Labute approximate surface area is 175 Å². The zero-order valence-electron chi connectivity index (χ0n) is 16.7. The van der Waals surface area contributed by atoms with Crippen molar-refractivity contribution >= 4 is 11.9 Å². The third-order valence-electron chi connectivity index (χ3n) is 5.24. The summed E-state index contributed by atoms with van der Waals surface area (Å²) < 4.78 is 11.3. The van der Waals surface area contributed by atoms with Gasteiger partial charge < -0.3 is 14.8 Å². The number of hydrogen-bond acceptors (Lipinski definition) is 4. The lowest BCUT2D eigenvalue weighted by Gasteiger charge is -2.26. The van der Waals surface area contributed by atoms with E-state index in [1.807, 2.05) is 85.8 Å². The van der Waals surface area contributed by atoms with Gasteiger partial charge in [-0.1, -0.05) is 73.7 Å². The van der Waals surface area contributed by atoms with Gasteiger partial charge in [-0.25, -0.2) is 0 Å². The maximum atomic E-state index is 12.9. The molecule has 5 heteroatoms. The van der Waals surface area contributed by atoms with E-state index in [9.17, 15) is 9.59 Å². The molecule has 1 amide bonds. The number of amides is 1. The lowest BCUT2D eigenvalue weighted by molar-refractivity contribution is -0.149. The minimum atomic E-state index is -0.623. The van der Waals surface area contributed by atoms with Crippen LogP contribution in [0, 0.1) is 0 Å². The number of benzene rings is 3. The molecule has 0 saturated carbocycles. The van der Waals surface area contributed by atoms with Crippen LogP contribution in [0.25, 0.3) is 0 Å². The maximum absolute atomic E-state index is 12.9. The van der Waals surface area contributed by atoms with Crippen molar-refractivity contribution in [2.75, 3.05) is 13.2 Å². The van der Waals surface area contributed by atoms with Crippen LogP contribution in [0.15, 0.2) is 78.9 Å². The van der Waals surface area contributed by atoms with E-state index in [0.717, 1.165) is 16.7 Å². The second-order valence-electron chi connectivity index (χ2n) is 7.33. The number of esters is 1. The summed E-state index contributed by atoms with van der Waals surface area (Å²) in [6.45, 7) is 2.20. The van der Waals surface area contributed by atoms with Crippen molar-refractivity contribution in [2.45, 2.75) is 18.8 Å². The van der Waals surface area contributed by atoms with Gasteiger partial charge in [0, 0.05) is 17.7 Å². The number of hydrogen-bond donors (Lipinski definition) is 1. The molecule has 30 heavy (non-hydrogen) atoms. The molecule has 5 nitrogen and oxygen atoms in total. The van der Waals surface area contributed by atoms with Crippen LogP contribution in [0.2, 0.25) is 0 Å². The summed E-state index contributed by atoms with van der Waals surface area (Å²) in [4.78, 5) is 25.2. The molecule has 0 unspecified atom stereocenters. The standard InChI is InChI=1S/C25H23NO4/c1-17(18-9-3-2-4-10-18)15-26-23(27)16-29-25(28)24-19-11-5-7-13-21(19)30-22-14-8-6-12-20(22)24/h2-14,17,24H,15-16H2,1H3,(H,26,27)/t17-/m0/s1. The summed E-state index contributed by atoms with van der Waals surface area (Å²) in [6, 6.07) is 24.7. The highest BCUT2D eigenvalue weighted by atomic mass is 16.5. The molecule has 0 radical (unpaired) electrons. The number of carbonyl (C=O) groups is 2. The molecule has 0 spiro atoms. The molecule has 4 rings (SSSR count). The zero-order valence-corrected chi connectivity index (χ0v) is 16.7. The summed E-state index contributed by atoms with van der Waals surface area (Å²) in [5.74, 6) is 0.00471. The minimum Gasteiger partial charge on any atom is -0.457 e. The van der Waals surface area contributed by atoms with E-state index in [4.69, 9.17) is 9.47 Å². The largest absolute Gasteiger partial charge is 0.457 e. The van der Waals surface area contributed by atoms with E-state index < -0.39 is 11.9 Å². The van der Waals surface area contributed by atoms with E-state index in [-0.39, 0.29) is 18.4 Å². The van der Waals surface area contributed by atoms with Crippen molar-refractivity contribution in [3.63, 3.8) is 0 Å². The molecule has 1 aliphatic rings. The average molecular weight is 401 g/mol. The molecular formula is C25H23NO4. The van der Waals surface area contributed by atoms with Crippen molar-refractivity contribution in [3.05, 3.63) is 95.6 Å². The van der Waals surface area contributed by atoms with Gasteiger partial charge in [-0.05, 0) is 23.6 Å². The highest BCUT2D eigenvalue weighted by Gasteiger charge is 2.33. The Morgan fingerprint density at radius 2 is 1.47 bits per heavy atom. The molecule has 1 aliphatic heterocycles. The van der Waals surface area contributed by atoms with Gasteiger partial charge in [0.25, 0.3) is 5.91 Å². The van der Waals surface area contributed by atoms with E-state index in [1.165, 1.54) is 0 Å². The van der Waals surface area contributed by atoms with E-state index >= 15 is 0 Å². The summed E-state index contributed by atoms with van der Waals surface area (Å²) in [7, 11) is 0. The Morgan fingerprint density at radius 3 is 2.10 bits per heavy atom. The third kappa shape index (κ3) is 4.20. The Bertz CT molecular complexity index is 1000. The van der Waals surface area contributed by atoms with Crippen molar-refractivity contribution in [1.29, 1.82) is 0 Å². The first-order valence-corrected chi connectivity index (χ1v) is 9.97. The van der Waals surface area contributed by atoms with Gasteiger partial charge in [0.05, 0.1) is 0 Å². The highest BCUT2D eigenvalue weighted by molar-refractivity contribution is 5.87. The molecule has 0 saturated heterocycles. The normalized spacial score (nSPS) is 13.4.